The third-order valence-electron chi connectivity index (χ3n) is 9.52. The monoisotopic (exact) mass is 652 g/mol. The Morgan fingerprint density at radius 3 is 2.60 bits per heavy atom. The van der Waals surface area contributed by atoms with Gasteiger partial charge in [0.25, 0.3) is 11.5 Å². The maximum Gasteiger partial charge on any atom is 0.282 e. The van der Waals surface area contributed by atoms with Crippen LogP contribution in [0.5, 0.6) is 0 Å². The Kier molecular flexibility index (Phi) is 8.10. The Hall–Kier alpha value is -4.88. The standard InChI is InChI=1S/C34H36N8O4S/c1-39-13-8-25-29(39)38-21-42(32(25)44)20-34(46)10-15-40(16-11-34)31(43)24-9-14-41(19-26(24)22-5-3-2-4-6-22)33(45)30-37-18-27(47-30)23-7-12-36-28(35)17-23/h2-8,12-13,17-18,21,24,26,46H,9-11,14-16,19-20H2,1H3,(H2,35,36)/t24-,26+/m1/s1. The van der Waals surface area contributed by atoms with Crippen LogP contribution in [0.1, 0.15) is 40.5 Å². The number of likely N-dealkylation sites (tertiary alicyclic amines) is 2. The van der Waals surface area contributed by atoms with E-state index in [9.17, 15) is 19.5 Å². The number of carbonyl (C=O) groups is 2. The summed E-state index contributed by atoms with van der Waals surface area (Å²) in [4.78, 5) is 58.1. The van der Waals surface area contributed by atoms with E-state index >= 15 is 0 Å². The third kappa shape index (κ3) is 6.03. The fourth-order valence-corrected chi connectivity index (χ4v) is 7.74. The lowest BCUT2D eigenvalue weighted by molar-refractivity contribution is -0.142. The zero-order chi connectivity index (χ0) is 32.7. The summed E-state index contributed by atoms with van der Waals surface area (Å²) in [6.45, 7) is 1.71. The molecule has 2 aliphatic heterocycles. The van der Waals surface area contributed by atoms with Crippen LogP contribution in [0, 0.1) is 5.92 Å². The average Bonchev–Trinajstić information content (AvgIpc) is 3.74. The number of rotatable bonds is 6. The van der Waals surface area contributed by atoms with E-state index in [1.807, 2.05) is 48.3 Å². The normalized spacial score (nSPS) is 19.6. The van der Waals surface area contributed by atoms with Gasteiger partial charge in [-0.25, -0.2) is 15.0 Å². The van der Waals surface area contributed by atoms with Gasteiger partial charge in [-0.05, 0) is 48.6 Å². The van der Waals surface area contributed by atoms with Crippen molar-refractivity contribution in [2.45, 2.75) is 37.3 Å². The first-order valence-electron chi connectivity index (χ1n) is 15.7. The predicted molar refractivity (Wildman–Crippen MR) is 179 cm³/mol. The van der Waals surface area contributed by atoms with Crippen LogP contribution in [0.15, 0.2) is 78.2 Å². The molecule has 2 aliphatic rings. The van der Waals surface area contributed by atoms with Crippen LogP contribution in [0.25, 0.3) is 21.5 Å². The Labute approximate surface area is 275 Å². The first-order valence-corrected chi connectivity index (χ1v) is 16.5. The number of benzene rings is 1. The zero-order valence-electron chi connectivity index (χ0n) is 26.0. The lowest BCUT2D eigenvalue weighted by Gasteiger charge is -2.43. The van der Waals surface area contributed by atoms with Crippen molar-refractivity contribution in [3.05, 3.63) is 94.4 Å². The lowest BCUT2D eigenvalue weighted by atomic mass is 9.79. The second-order valence-electron chi connectivity index (χ2n) is 12.6. The lowest BCUT2D eigenvalue weighted by Crippen LogP contribution is -2.53. The molecular weight excluding hydrogens is 616 g/mol. The molecule has 0 unspecified atom stereocenters. The van der Waals surface area contributed by atoms with E-state index in [0.717, 1.165) is 16.0 Å². The quantitative estimate of drug-likeness (QED) is 0.284. The molecule has 13 heteroatoms. The van der Waals surface area contributed by atoms with E-state index < -0.39 is 5.60 Å². The number of piperidine rings is 2. The van der Waals surface area contributed by atoms with Gasteiger partial charge in [-0.2, -0.15) is 0 Å². The minimum Gasteiger partial charge on any atom is -0.388 e. The van der Waals surface area contributed by atoms with E-state index in [0.29, 0.717) is 67.3 Å². The number of aryl methyl sites for hydroxylation is 1. The van der Waals surface area contributed by atoms with Crippen LogP contribution in [0.2, 0.25) is 0 Å². The molecule has 1 aromatic carbocycles. The van der Waals surface area contributed by atoms with Gasteiger partial charge >= 0.3 is 0 Å². The molecule has 0 bridgehead atoms. The van der Waals surface area contributed by atoms with Gasteiger partial charge in [0.1, 0.15) is 17.8 Å². The van der Waals surface area contributed by atoms with Gasteiger partial charge in [0.2, 0.25) is 5.91 Å². The fraction of sp³-hybridized carbons (Fsp3) is 0.353. The molecule has 2 saturated heterocycles. The van der Waals surface area contributed by atoms with Crippen molar-refractivity contribution in [3.8, 4) is 10.4 Å². The molecule has 0 spiro atoms. The molecule has 3 N–H and O–H groups in total. The van der Waals surface area contributed by atoms with Gasteiger partial charge in [-0.15, -0.1) is 11.3 Å². The van der Waals surface area contributed by atoms with Gasteiger partial charge in [0.15, 0.2) is 5.01 Å². The largest absolute Gasteiger partial charge is 0.388 e. The Balaban J connectivity index is 1.04. The predicted octanol–water partition coefficient (Wildman–Crippen LogP) is 3.14. The van der Waals surface area contributed by atoms with Crippen molar-refractivity contribution < 1.29 is 14.7 Å². The summed E-state index contributed by atoms with van der Waals surface area (Å²) < 4.78 is 3.26. The van der Waals surface area contributed by atoms with Crippen LogP contribution in [-0.2, 0) is 18.4 Å². The second-order valence-corrected chi connectivity index (χ2v) is 13.6. The van der Waals surface area contributed by atoms with Crippen molar-refractivity contribution in [2.24, 2.45) is 13.0 Å². The molecule has 5 aromatic rings. The summed E-state index contributed by atoms with van der Waals surface area (Å²) in [5, 5.41) is 12.4. The highest BCUT2D eigenvalue weighted by atomic mass is 32.1. The van der Waals surface area contributed by atoms with Crippen molar-refractivity contribution in [1.29, 1.82) is 0 Å². The summed E-state index contributed by atoms with van der Waals surface area (Å²) in [5.41, 5.74) is 6.99. The number of aromatic nitrogens is 5. The molecule has 242 valence electrons. The van der Waals surface area contributed by atoms with E-state index in [1.54, 1.807) is 40.2 Å². The number of aliphatic hydroxyl groups is 1. The second kappa shape index (κ2) is 12.4. The van der Waals surface area contributed by atoms with E-state index in [-0.39, 0.29) is 35.8 Å². The number of nitrogens with two attached hydrogens (primary N) is 1. The number of hydrogen-bond donors (Lipinski definition) is 2. The number of pyridine rings is 1. The number of fused-ring (bicyclic) bond motifs is 1. The molecule has 7 rings (SSSR count). The highest BCUT2D eigenvalue weighted by molar-refractivity contribution is 7.16. The molecule has 47 heavy (non-hydrogen) atoms. The first-order chi connectivity index (χ1) is 22.7. The maximum atomic E-state index is 14.1. The summed E-state index contributed by atoms with van der Waals surface area (Å²) >= 11 is 1.32. The van der Waals surface area contributed by atoms with Gasteiger partial charge in [-0.3, -0.25) is 19.0 Å². The van der Waals surface area contributed by atoms with Crippen molar-refractivity contribution >= 4 is 40.0 Å². The van der Waals surface area contributed by atoms with Gasteiger partial charge < -0.3 is 25.2 Å². The molecular formula is C34H36N8O4S. The third-order valence-corrected chi connectivity index (χ3v) is 10.6. The number of carbonyl (C=O) groups excluding carboxylic acids is 2. The number of thiazole rings is 1. The van der Waals surface area contributed by atoms with E-state index in [1.165, 1.54) is 22.2 Å². The molecule has 0 radical (unpaired) electrons. The van der Waals surface area contributed by atoms with Crippen LogP contribution < -0.4 is 11.3 Å². The molecule has 2 amide bonds. The molecule has 4 aromatic heterocycles. The molecule has 2 fully saturated rings. The van der Waals surface area contributed by atoms with Gasteiger partial charge in [-0.1, -0.05) is 30.3 Å². The number of amides is 2. The number of nitrogen functional groups attached to an aromatic ring is 1. The topological polar surface area (TPSA) is 152 Å². The average molecular weight is 653 g/mol. The van der Waals surface area contributed by atoms with Crippen LogP contribution in [0.3, 0.4) is 0 Å². The Morgan fingerprint density at radius 1 is 1.04 bits per heavy atom. The summed E-state index contributed by atoms with van der Waals surface area (Å²) in [7, 11) is 1.83. The Morgan fingerprint density at radius 2 is 1.83 bits per heavy atom. The van der Waals surface area contributed by atoms with Crippen molar-refractivity contribution in [2.75, 3.05) is 31.9 Å². The highest BCUT2D eigenvalue weighted by Gasteiger charge is 2.42. The zero-order valence-corrected chi connectivity index (χ0v) is 26.8. The summed E-state index contributed by atoms with van der Waals surface area (Å²) in [5.74, 6) is -0.228. The summed E-state index contributed by atoms with van der Waals surface area (Å²) in [6, 6.07) is 15.2. The maximum absolute atomic E-state index is 14.1. The van der Waals surface area contributed by atoms with Gasteiger partial charge in [0, 0.05) is 63.7 Å². The Bertz CT molecular complexity index is 2000. The highest BCUT2D eigenvalue weighted by Crippen LogP contribution is 2.37. The fourth-order valence-electron chi connectivity index (χ4n) is 6.86. The first kappa shape index (κ1) is 30.8. The number of nitrogens with zero attached hydrogens (tertiary/aromatic N) is 7. The molecule has 12 nitrogen and oxygen atoms in total. The molecule has 0 aliphatic carbocycles. The molecule has 6 heterocycles. The minimum absolute atomic E-state index is 0.0318. The summed E-state index contributed by atoms with van der Waals surface area (Å²) in [6.07, 6.45) is 7.80. The van der Waals surface area contributed by atoms with E-state index in [2.05, 4.69) is 15.0 Å². The van der Waals surface area contributed by atoms with E-state index in [4.69, 9.17) is 5.73 Å². The SMILES string of the molecule is Cn1ccc2c(=O)n(CC3(O)CCN(C(=O)[C@@H]4CCN(C(=O)c5ncc(-c6ccnc(N)c6)s5)C[C@H]4c4ccccc4)CC3)cnc21. The van der Waals surface area contributed by atoms with Crippen LogP contribution >= 0.6 is 11.3 Å². The smallest absolute Gasteiger partial charge is 0.282 e. The van der Waals surface area contributed by atoms with Crippen molar-refractivity contribution in [1.82, 2.24) is 33.9 Å². The van der Waals surface area contributed by atoms with Crippen LogP contribution in [-0.4, -0.2) is 82.6 Å². The van der Waals surface area contributed by atoms with Crippen molar-refractivity contribution in [3.63, 3.8) is 0 Å². The molecule has 2 atom stereocenters. The van der Waals surface area contributed by atoms with Gasteiger partial charge in [0.05, 0.1) is 22.4 Å². The van der Waals surface area contributed by atoms with Crippen LogP contribution in [0.4, 0.5) is 5.82 Å². The number of anilines is 1. The molecule has 0 saturated carbocycles. The minimum atomic E-state index is -1.13. The number of hydrogen-bond acceptors (Lipinski definition) is 9.